The highest BCUT2D eigenvalue weighted by molar-refractivity contribution is 5.69. The zero-order valence-electron chi connectivity index (χ0n) is 17.8. The van der Waals surface area contributed by atoms with Crippen LogP contribution in [0.25, 0.3) is 16.9 Å². The number of nitrogens with zero attached hydrogens (tertiary/aromatic N) is 5. The zero-order valence-corrected chi connectivity index (χ0v) is 17.8. The number of hydrogen-bond donors (Lipinski definition) is 2. The SMILES string of the molecule is Cc1cc(-c2cccc(N3CCNCC3)c2)cnc1-n1cnn(CC(CN)=C(F)F)c1=O. The van der Waals surface area contributed by atoms with Crippen LogP contribution in [0.5, 0.6) is 0 Å². The average Bonchev–Trinajstić information content (AvgIpc) is 3.17. The van der Waals surface area contributed by atoms with Gasteiger partial charge in [0.2, 0.25) is 0 Å². The Morgan fingerprint density at radius 3 is 2.66 bits per heavy atom. The Bertz CT molecular complexity index is 1190. The summed E-state index contributed by atoms with van der Waals surface area (Å²) < 4.78 is 28.0. The fraction of sp³-hybridized carbons (Fsp3) is 0.318. The summed E-state index contributed by atoms with van der Waals surface area (Å²) >= 11 is 0. The number of hydrogen-bond acceptors (Lipinski definition) is 6. The Hall–Kier alpha value is -3.37. The molecule has 1 aliphatic heterocycles. The van der Waals surface area contributed by atoms with Crippen molar-refractivity contribution in [2.24, 2.45) is 5.73 Å². The molecule has 3 heterocycles. The Labute approximate surface area is 184 Å². The number of halogens is 2. The molecule has 1 aromatic carbocycles. The summed E-state index contributed by atoms with van der Waals surface area (Å²) in [5.74, 6) is 0.405. The van der Waals surface area contributed by atoms with E-state index in [1.54, 1.807) is 6.20 Å². The first-order valence-electron chi connectivity index (χ1n) is 10.4. The summed E-state index contributed by atoms with van der Waals surface area (Å²) in [6, 6.07) is 10.2. The minimum Gasteiger partial charge on any atom is -0.369 e. The van der Waals surface area contributed by atoms with Crippen molar-refractivity contribution in [2.45, 2.75) is 13.5 Å². The molecule has 0 unspecified atom stereocenters. The first-order valence-corrected chi connectivity index (χ1v) is 10.4. The van der Waals surface area contributed by atoms with Gasteiger partial charge in [-0.25, -0.2) is 19.0 Å². The van der Waals surface area contributed by atoms with E-state index >= 15 is 0 Å². The zero-order chi connectivity index (χ0) is 22.7. The van der Waals surface area contributed by atoms with E-state index in [1.807, 2.05) is 25.1 Å². The third-order valence-electron chi connectivity index (χ3n) is 5.53. The van der Waals surface area contributed by atoms with Crippen LogP contribution in [0.1, 0.15) is 5.56 Å². The highest BCUT2D eigenvalue weighted by atomic mass is 19.3. The summed E-state index contributed by atoms with van der Waals surface area (Å²) in [7, 11) is 0. The molecule has 168 valence electrons. The number of aromatic nitrogens is 4. The van der Waals surface area contributed by atoms with Gasteiger partial charge in [-0.15, -0.1) is 0 Å². The van der Waals surface area contributed by atoms with Gasteiger partial charge in [-0.2, -0.15) is 13.9 Å². The quantitative estimate of drug-likeness (QED) is 0.607. The lowest BCUT2D eigenvalue weighted by molar-refractivity contribution is 0.400. The molecule has 0 bridgehead atoms. The molecule has 2 aromatic heterocycles. The van der Waals surface area contributed by atoms with Crippen LogP contribution in [0.4, 0.5) is 14.5 Å². The van der Waals surface area contributed by atoms with Crippen molar-refractivity contribution in [3.63, 3.8) is 0 Å². The smallest absolute Gasteiger partial charge is 0.351 e. The van der Waals surface area contributed by atoms with Gasteiger partial charge in [-0.1, -0.05) is 12.1 Å². The molecule has 0 atom stereocenters. The van der Waals surface area contributed by atoms with Crippen molar-refractivity contribution in [3.8, 4) is 16.9 Å². The van der Waals surface area contributed by atoms with Crippen molar-refractivity contribution < 1.29 is 8.78 Å². The number of nitrogens with two attached hydrogens (primary N) is 1. The number of pyridine rings is 1. The molecule has 3 aromatic rings. The van der Waals surface area contributed by atoms with Crippen LogP contribution in [-0.2, 0) is 6.54 Å². The van der Waals surface area contributed by atoms with E-state index in [-0.39, 0.29) is 18.7 Å². The number of aryl methyl sites for hydroxylation is 1. The molecule has 3 N–H and O–H groups in total. The van der Waals surface area contributed by atoms with E-state index in [9.17, 15) is 13.6 Å². The number of piperazine rings is 1. The second kappa shape index (κ2) is 9.41. The van der Waals surface area contributed by atoms with Gasteiger partial charge in [-0.05, 0) is 36.2 Å². The molecule has 1 fully saturated rings. The van der Waals surface area contributed by atoms with Gasteiger partial charge in [0.1, 0.15) is 12.1 Å². The highest BCUT2D eigenvalue weighted by Crippen LogP contribution is 2.26. The van der Waals surface area contributed by atoms with E-state index in [0.717, 1.165) is 53.2 Å². The summed E-state index contributed by atoms with van der Waals surface area (Å²) in [5, 5.41) is 7.29. The van der Waals surface area contributed by atoms with Gasteiger partial charge in [0.05, 0.1) is 6.54 Å². The summed E-state index contributed by atoms with van der Waals surface area (Å²) in [6.07, 6.45) is 1.10. The first kappa shape index (κ1) is 21.8. The van der Waals surface area contributed by atoms with Crippen molar-refractivity contribution in [1.29, 1.82) is 0 Å². The molecule has 1 aliphatic rings. The second-order valence-corrected chi connectivity index (χ2v) is 7.66. The Morgan fingerprint density at radius 1 is 1.19 bits per heavy atom. The van der Waals surface area contributed by atoms with Crippen LogP contribution in [0.3, 0.4) is 0 Å². The molecule has 1 saturated heterocycles. The van der Waals surface area contributed by atoms with Crippen LogP contribution < -0.4 is 21.6 Å². The molecule has 0 spiro atoms. The Balaban J connectivity index is 1.61. The van der Waals surface area contributed by atoms with Crippen LogP contribution in [0.15, 0.2) is 59.3 Å². The van der Waals surface area contributed by atoms with Crippen molar-refractivity contribution in [1.82, 2.24) is 24.6 Å². The fourth-order valence-electron chi connectivity index (χ4n) is 3.76. The molecule has 10 heteroatoms. The monoisotopic (exact) mass is 441 g/mol. The van der Waals surface area contributed by atoms with Crippen molar-refractivity contribution in [3.05, 3.63) is 70.6 Å². The summed E-state index contributed by atoms with van der Waals surface area (Å²) in [4.78, 5) is 19.5. The largest absolute Gasteiger partial charge is 0.369 e. The lowest BCUT2D eigenvalue weighted by Gasteiger charge is -2.29. The van der Waals surface area contributed by atoms with Crippen molar-refractivity contribution >= 4 is 5.69 Å². The number of rotatable bonds is 6. The molecule has 0 aliphatic carbocycles. The second-order valence-electron chi connectivity index (χ2n) is 7.66. The molecular weight excluding hydrogens is 416 g/mol. The Morgan fingerprint density at radius 2 is 1.97 bits per heavy atom. The molecule has 32 heavy (non-hydrogen) atoms. The van der Waals surface area contributed by atoms with Gasteiger partial charge in [0, 0.05) is 55.7 Å². The summed E-state index contributed by atoms with van der Waals surface area (Å²) in [5.41, 5.74) is 8.33. The lowest BCUT2D eigenvalue weighted by Crippen LogP contribution is -2.43. The first-order chi connectivity index (χ1) is 15.5. The molecule has 0 radical (unpaired) electrons. The van der Waals surface area contributed by atoms with Crippen molar-refractivity contribution in [2.75, 3.05) is 37.6 Å². The maximum atomic E-state index is 12.9. The molecule has 0 amide bonds. The predicted octanol–water partition coefficient (Wildman–Crippen LogP) is 1.92. The third-order valence-corrected chi connectivity index (χ3v) is 5.53. The Kier molecular flexibility index (Phi) is 6.42. The third kappa shape index (κ3) is 4.46. The molecular formula is C22H25F2N7O. The predicted molar refractivity (Wildman–Crippen MR) is 119 cm³/mol. The maximum Gasteiger partial charge on any atom is 0.351 e. The van der Waals surface area contributed by atoms with Crippen LogP contribution in [-0.4, -0.2) is 52.1 Å². The van der Waals surface area contributed by atoms with Gasteiger partial charge >= 0.3 is 5.69 Å². The van der Waals surface area contributed by atoms with Gasteiger partial charge < -0.3 is 16.0 Å². The standard InChI is InChI=1S/C22H25F2N7O/c1-15-9-17(16-3-2-4-19(10-16)29-7-5-26-6-8-29)12-27-21(15)30-14-28-31(22(30)32)13-18(11-25)20(23)24/h2-4,9-10,12,14,26H,5-8,11,13,25H2,1H3. The van der Waals surface area contributed by atoms with Gasteiger partial charge in [0.25, 0.3) is 6.08 Å². The minimum atomic E-state index is -1.89. The van der Waals surface area contributed by atoms with E-state index in [1.165, 1.54) is 10.9 Å². The molecule has 8 nitrogen and oxygen atoms in total. The maximum absolute atomic E-state index is 12.9. The molecule has 0 saturated carbocycles. The van der Waals surface area contributed by atoms with E-state index in [0.29, 0.717) is 5.82 Å². The summed E-state index contributed by atoms with van der Waals surface area (Å²) in [6.45, 7) is 4.98. The van der Waals surface area contributed by atoms with Crippen LogP contribution in [0, 0.1) is 6.92 Å². The highest BCUT2D eigenvalue weighted by Gasteiger charge is 2.15. The van der Waals surface area contributed by atoms with Gasteiger partial charge in [-0.3, -0.25) is 0 Å². The van der Waals surface area contributed by atoms with E-state index in [2.05, 4.69) is 32.4 Å². The fourth-order valence-corrected chi connectivity index (χ4v) is 3.76. The van der Waals surface area contributed by atoms with Crippen LogP contribution >= 0.6 is 0 Å². The topological polar surface area (TPSA) is 94.0 Å². The van der Waals surface area contributed by atoms with Crippen LogP contribution in [0.2, 0.25) is 0 Å². The lowest BCUT2D eigenvalue weighted by atomic mass is 10.0. The number of benzene rings is 1. The number of nitrogens with one attached hydrogen (secondary N) is 1. The van der Waals surface area contributed by atoms with E-state index in [4.69, 9.17) is 5.73 Å². The average molecular weight is 441 g/mol. The molecule has 4 rings (SSSR count). The van der Waals surface area contributed by atoms with E-state index < -0.39 is 11.8 Å². The number of anilines is 1. The minimum absolute atomic E-state index is 0.332. The normalized spacial score (nSPS) is 13.9. The van der Waals surface area contributed by atoms with Gasteiger partial charge in [0.15, 0.2) is 0 Å².